The fourth-order valence-electron chi connectivity index (χ4n) is 4.19. The molecule has 0 aliphatic carbocycles. The van der Waals surface area contributed by atoms with Crippen LogP contribution in [0.3, 0.4) is 0 Å². The molecule has 0 bridgehead atoms. The predicted octanol–water partition coefficient (Wildman–Crippen LogP) is 4.45. The summed E-state index contributed by atoms with van der Waals surface area (Å²) >= 11 is 0. The highest BCUT2D eigenvalue weighted by atomic mass is 16.5. The van der Waals surface area contributed by atoms with Crippen LogP contribution in [0.1, 0.15) is 22.3 Å². The third kappa shape index (κ3) is 5.26. The van der Waals surface area contributed by atoms with E-state index in [0.717, 1.165) is 44.8 Å². The van der Waals surface area contributed by atoms with Crippen molar-refractivity contribution in [2.75, 3.05) is 20.2 Å². The lowest BCUT2D eigenvalue weighted by molar-refractivity contribution is 0.170. The number of fused-ring (bicyclic) bond motifs is 1. The third-order valence-electron chi connectivity index (χ3n) is 5.84. The Morgan fingerprint density at radius 3 is 2.34 bits per heavy atom. The number of methoxy groups -OCH3 is 1. The molecule has 150 valence electrons. The lowest BCUT2D eigenvalue weighted by Crippen LogP contribution is -2.44. The highest BCUT2D eigenvalue weighted by Crippen LogP contribution is 2.25. The van der Waals surface area contributed by atoms with Crippen LogP contribution >= 0.6 is 0 Å². The summed E-state index contributed by atoms with van der Waals surface area (Å²) in [4.78, 5) is 2.64. The Labute approximate surface area is 174 Å². The summed E-state index contributed by atoms with van der Waals surface area (Å²) < 4.78 is 5.31. The van der Waals surface area contributed by atoms with Crippen molar-refractivity contribution in [1.29, 1.82) is 0 Å². The zero-order chi connectivity index (χ0) is 19.9. The maximum absolute atomic E-state index is 5.31. The van der Waals surface area contributed by atoms with E-state index in [4.69, 9.17) is 4.74 Å². The van der Waals surface area contributed by atoms with E-state index < -0.39 is 0 Å². The summed E-state index contributed by atoms with van der Waals surface area (Å²) in [5.41, 5.74) is 5.68. The molecule has 3 heteroatoms. The smallest absolute Gasteiger partial charge is 0.118 e. The Bertz CT molecular complexity index is 892. The van der Waals surface area contributed by atoms with Crippen LogP contribution in [0.4, 0.5) is 0 Å². The molecule has 4 rings (SSSR count). The topological polar surface area (TPSA) is 24.5 Å². The highest BCUT2D eigenvalue weighted by molar-refractivity contribution is 5.32. The maximum Gasteiger partial charge on any atom is 0.118 e. The molecule has 0 amide bonds. The molecule has 1 unspecified atom stereocenters. The van der Waals surface area contributed by atoms with Crippen molar-refractivity contribution in [3.8, 4) is 5.75 Å². The van der Waals surface area contributed by atoms with Gasteiger partial charge in [0.15, 0.2) is 0 Å². The summed E-state index contributed by atoms with van der Waals surface area (Å²) in [6.07, 6.45) is 2.18. The van der Waals surface area contributed by atoms with Crippen LogP contribution in [-0.2, 0) is 25.9 Å². The van der Waals surface area contributed by atoms with Crippen LogP contribution in [0, 0.1) is 0 Å². The number of ether oxygens (including phenoxy) is 1. The monoisotopic (exact) mass is 386 g/mol. The summed E-state index contributed by atoms with van der Waals surface area (Å²) in [5.74, 6) is 0.921. The van der Waals surface area contributed by atoms with Crippen LogP contribution in [0.2, 0.25) is 0 Å². The van der Waals surface area contributed by atoms with Gasteiger partial charge in [-0.2, -0.15) is 0 Å². The van der Waals surface area contributed by atoms with E-state index in [9.17, 15) is 0 Å². The van der Waals surface area contributed by atoms with Gasteiger partial charge in [0.2, 0.25) is 0 Å². The average molecular weight is 387 g/mol. The summed E-state index contributed by atoms with van der Waals surface area (Å²) in [6, 6.07) is 28.6. The van der Waals surface area contributed by atoms with E-state index >= 15 is 0 Å². The van der Waals surface area contributed by atoms with Gasteiger partial charge in [0.05, 0.1) is 7.11 Å². The van der Waals surface area contributed by atoms with Gasteiger partial charge in [0, 0.05) is 32.2 Å². The molecule has 0 saturated carbocycles. The lowest BCUT2D eigenvalue weighted by atomic mass is 9.90. The molecule has 3 nitrogen and oxygen atoms in total. The molecular formula is C26H30N2O. The fraction of sp³-hybridized carbons (Fsp3) is 0.308. The molecule has 0 radical (unpaired) electrons. The Morgan fingerprint density at radius 2 is 1.59 bits per heavy atom. The highest BCUT2D eigenvalue weighted by Gasteiger charge is 2.25. The van der Waals surface area contributed by atoms with Gasteiger partial charge < -0.3 is 10.1 Å². The molecule has 1 aliphatic heterocycles. The standard InChI is InChI=1S/C26H30N2O/c1-29-26-13-11-21(12-14-26)17-25-18-23-9-5-6-10-24(23)20-28(25)16-15-27-19-22-7-3-2-4-8-22/h2-14,25,27H,15-20H2,1H3. The second kappa shape index (κ2) is 9.73. The van der Waals surface area contributed by atoms with E-state index in [0.29, 0.717) is 6.04 Å². The molecule has 0 spiro atoms. The van der Waals surface area contributed by atoms with Crippen molar-refractivity contribution in [2.24, 2.45) is 0 Å². The van der Waals surface area contributed by atoms with Crippen LogP contribution in [0.25, 0.3) is 0 Å². The van der Waals surface area contributed by atoms with Gasteiger partial charge in [-0.3, -0.25) is 4.90 Å². The number of hydrogen-bond donors (Lipinski definition) is 1. The molecule has 0 saturated heterocycles. The molecule has 3 aromatic carbocycles. The zero-order valence-corrected chi connectivity index (χ0v) is 17.2. The van der Waals surface area contributed by atoms with E-state index in [2.05, 4.69) is 89.1 Å². The second-order valence-electron chi connectivity index (χ2n) is 7.81. The number of nitrogens with one attached hydrogen (secondary N) is 1. The first-order valence-electron chi connectivity index (χ1n) is 10.5. The summed E-state index contributed by atoms with van der Waals surface area (Å²) in [7, 11) is 1.72. The molecule has 1 N–H and O–H groups in total. The van der Waals surface area contributed by atoms with Gasteiger partial charge in [-0.05, 0) is 47.2 Å². The Hall–Kier alpha value is -2.62. The van der Waals surface area contributed by atoms with E-state index in [1.165, 1.54) is 22.3 Å². The summed E-state index contributed by atoms with van der Waals surface area (Å²) in [5, 5.41) is 3.61. The zero-order valence-electron chi connectivity index (χ0n) is 17.2. The fourth-order valence-corrected chi connectivity index (χ4v) is 4.19. The van der Waals surface area contributed by atoms with Gasteiger partial charge >= 0.3 is 0 Å². The first-order chi connectivity index (χ1) is 14.3. The van der Waals surface area contributed by atoms with E-state index in [-0.39, 0.29) is 0 Å². The van der Waals surface area contributed by atoms with Crippen LogP contribution in [0.5, 0.6) is 5.75 Å². The van der Waals surface area contributed by atoms with Crippen molar-refractivity contribution in [3.05, 3.63) is 101 Å². The van der Waals surface area contributed by atoms with Crippen molar-refractivity contribution < 1.29 is 4.74 Å². The van der Waals surface area contributed by atoms with Crippen molar-refractivity contribution >= 4 is 0 Å². The number of nitrogens with zero attached hydrogens (tertiary/aromatic N) is 1. The number of benzene rings is 3. The first kappa shape index (κ1) is 19.7. The SMILES string of the molecule is COc1ccc(CC2Cc3ccccc3CN2CCNCc2ccccc2)cc1. The van der Waals surface area contributed by atoms with Gasteiger partial charge in [-0.15, -0.1) is 0 Å². The molecule has 3 aromatic rings. The molecule has 29 heavy (non-hydrogen) atoms. The van der Waals surface area contributed by atoms with Crippen molar-refractivity contribution in [3.63, 3.8) is 0 Å². The molecule has 1 heterocycles. The first-order valence-corrected chi connectivity index (χ1v) is 10.5. The lowest BCUT2D eigenvalue weighted by Gasteiger charge is -2.37. The molecule has 1 aliphatic rings. The number of rotatable bonds is 8. The quantitative estimate of drug-likeness (QED) is 0.579. The van der Waals surface area contributed by atoms with Gasteiger partial charge in [-0.1, -0.05) is 66.7 Å². The van der Waals surface area contributed by atoms with Gasteiger partial charge in [0.1, 0.15) is 5.75 Å². The van der Waals surface area contributed by atoms with Crippen molar-refractivity contribution in [1.82, 2.24) is 10.2 Å². The molecule has 0 fully saturated rings. The normalized spacial score (nSPS) is 16.4. The Kier molecular flexibility index (Phi) is 6.60. The maximum atomic E-state index is 5.31. The minimum Gasteiger partial charge on any atom is -0.497 e. The Morgan fingerprint density at radius 1 is 0.862 bits per heavy atom. The largest absolute Gasteiger partial charge is 0.497 e. The van der Waals surface area contributed by atoms with E-state index in [1.54, 1.807) is 7.11 Å². The summed E-state index contributed by atoms with van der Waals surface area (Å²) in [6.45, 7) is 4.01. The van der Waals surface area contributed by atoms with Crippen LogP contribution < -0.4 is 10.1 Å². The van der Waals surface area contributed by atoms with Crippen LogP contribution in [-0.4, -0.2) is 31.1 Å². The van der Waals surface area contributed by atoms with Gasteiger partial charge in [0.25, 0.3) is 0 Å². The molecular weight excluding hydrogens is 356 g/mol. The Balaban J connectivity index is 1.40. The minimum absolute atomic E-state index is 0.525. The van der Waals surface area contributed by atoms with Gasteiger partial charge in [-0.25, -0.2) is 0 Å². The van der Waals surface area contributed by atoms with E-state index in [1.807, 2.05) is 0 Å². The molecule has 0 aromatic heterocycles. The van der Waals surface area contributed by atoms with Crippen LogP contribution in [0.15, 0.2) is 78.9 Å². The molecule has 1 atom stereocenters. The van der Waals surface area contributed by atoms with Crippen molar-refractivity contribution in [2.45, 2.75) is 32.0 Å². The third-order valence-corrected chi connectivity index (χ3v) is 5.84. The second-order valence-corrected chi connectivity index (χ2v) is 7.81. The minimum atomic E-state index is 0.525. The predicted molar refractivity (Wildman–Crippen MR) is 119 cm³/mol. The number of hydrogen-bond acceptors (Lipinski definition) is 3. The average Bonchev–Trinajstić information content (AvgIpc) is 2.78.